The van der Waals surface area contributed by atoms with Crippen LogP contribution in [-0.4, -0.2) is 27.0 Å². The number of rotatable bonds is 3. The number of nitrogens with one attached hydrogen (secondary N) is 2. The highest BCUT2D eigenvalue weighted by Gasteiger charge is 2.22. The highest BCUT2D eigenvalue weighted by Crippen LogP contribution is 2.32. The Bertz CT molecular complexity index is 844. The molecule has 4 N–H and O–H groups in total. The molecule has 3 aromatic rings. The lowest BCUT2D eigenvalue weighted by Crippen LogP contribution is -2.21. The van der Waals surface area contributed by atoms with Crippen LogP contribution in [0.2, 0.25) is 5.02 Å². The predicted molar refractivity (Wildman–Crippen MR) is 93.6 cm³/mol. The molecule has 0 bridgehead atoms. The molecule has 6 heteroatoms. The summed E-state index contributed by atoms with van der Waals surface area (Å²) in [7, 11) is 0. The molecule has 2 heterocycles. The van der Waals surface area contributed by atoms with Gasteiger partial charge in [0.15, 0.2) is 0 Å². The largest absolute Gasteiger partial charge is 0.360 e. The molecule has 2 aromatic heterocycles. The lowest BCUT2D eigenvalue weighted by molar-refractivity contribution is 0.685. The molecule has 1 aliphatic rings. The summed E-state index contributed by atoms with van der Waals surface area (Å²) in [4.78, 5) is 12.2. The van der Waals surface area contributed by atoms with Crippen molar-refractivity contribution in [2.24, 2.45) is 5.73 Å². The van der Waals surface area contributed by atoms with E-state index in [1.165, 1.54) is 0 Å². The van der Waals surface area contributed by atoms with E-state index in [4.69, 9.17) is 17.3 Å². The standard InChI is InChI=1S/C17H18ClN5/c18-14-9-21-17(22-11-6-5-10(19)7-11)23-16(14)13-8-20-15-4-2-1-3-12(13)15/h1-4,8-11,20H,5-7,19H2,(H,21,22,23)/t10-,11-/m0/s1. The van der Waals surface area contributed by atoms with Crippen LogP contribution in [0.1, 0.15) is 19.3 Å². The zero-order valence-electron chi connectivity index (χ0n) is 12.6. The summed E-state index contributed by atoms with van der Waals surface area (Å²) in [6, 6.07) is 8.71. The average Bonchev–Trinajstić information content (AvgIpc) is 3.15. The molecule has 0 spiro atoms. The van der Waals surface area contributed by atoms with E-state index in [0.29, 0.717) is 17.0 Å². The second-order valence-electron chi connectivity index (χ2n) is 6.05. The lowest BCUT2D eigenvalue weighted by atomic mass is 10.1. The number of aromatic amines is 1. The van der Waals surface area contributed by atoms with Crippen molar-refractivity contribution >= 4 is 28.5 Å². The first-order chi connectivity index (χ1) is 11.2. The Hall–Kier alpha value is -2.11. The minimum Gasteiger partial charge on any atom is -0.360 e. The maximum Gasteiger partial charge on any atom is 0.223 e. The second kappa shape index (κ2) is 5.83. The summed E-state index contributed by atoms with van der Waals surface area (Å²) in [5, 5.41) is 5.02. The van der Waals surface area contributed by atoms with Gasteiger partial charge in [-0.2, -0.15) is 0 Å². The number of halogens is 1. The van der Waals surface area contributed by atoms with Gasteiger partial charge in [-0.3, -0.25) is 0 Å². The second-order valence-corrected chi connectivity index (χ2v) is 6.46. The fourth-order valence-corrected chi connectivity index (χ4v) is 3.42. The van der Waals surface area contributed by atoms with Gasteiger partial charge in [0, 0.05) is 34.7 Å². The van der Waals surface area contributed by atoms with Crippen molar-refractivity contribution in [2.75, 3.05) is 5.32 Å². The number of benzene rings is 1. The molecule has 1 saturated carbocycles. The van der Waals surface area contributed by atoms with E-state index in [1.54, 1.807) is 6.20 Å². The van der Waals surface area contributed by atoms with Crippen LogP contribution < -0.4 is 11.1 Å². The summed E-state index contributed by atoms with van der Waals surface area (Å²) >= 11 is 6.34. The maximum atomic E-state index is 6.34. The molecule has 0 aliphatic heterocycles. The first-order valence-corrected chi connectivity index (χ1v) is 8.19. The molecule has 1 aromatic carbocycles. The van der Waals surface area contributed by atoms with Gasteiger partial charge in [-0.15, -0.1) is 0 Å². The number of nitrogens with two attached hydrogens (primary N) is 1. The zero-order chi connectivity index (χ0) is 15.8. The van der Waals surface area contributed by atoms with E-state index in [9.17, 15) is 0 Å². The highest BCUT2D eigenvalue weighted by atomic mass is 35.5. The number of para-hydroxylation sites is 1. The normalized spacial score (nSPS) is 21.0. The summed E-state index contributed by atoms with van der Waals surface area (Å²) in [6.07, 6.45) is 6.64. The van der Waals surface area contributed by atoms with Crippen LogP contribution in [0.3, 0.4) is 0 Å². The third-order valence-corrected chi connectivity index (χ3v) is 4.67. The Morgan fingerprint density at radius 1 is 1.26 bits per heavy atom. The van der Waals surface area contributed by atoms with E-state index < -0.39 is 0 Å². The Labute approximate surface area is 139 Å². The van der Waals surface area contributed by atoms with Crippen molar-refractivity contribution in [3.05, 3.63) is 41.7 Å². The van der Waals surface area contributed by atoms with Gasteiger partial charge < -0.3 is 16.0 Å². The topological polar surface area (TPSA) is 79.6 Å². The third-order valence-electron chi connectivity index (χ3n) is 4.39. The minimum absolute atomic E-state index is 0.271. The number of aromatic nitrogens is 3. The van der Waals surface area contributed by atoms with E-state index in [-0.39, 0.29) is 6.04 Å². The Kier molecular flexibility index (Phi) is 3.67. The Balaban J connectivity index is 1.69. The molecule has 118 valence electrons. The summed E-state index contributed by atoms with van der Waals surface area (Å²) in [6.45, 7) is 0. The van der Waals surface area contributed by atoms with Crippen LogP contribution in [0.5, 0.6) is 0 Å². The number of nitrogens with zero attached hydrogens (tertiary/aromatic N) is 2. The van der Waals surface area contributed by atoms with Gasteiger partial charge in [-0.05, 0) is 25.3 Å². The molecule has 1 aliphatic carbocycles. The average molecular weight is 328 g/mol. The Morgan fingerprint density at radius 2 is 2.13 bits per heavy atom. The molecule has 2 atom stereocenters. The van der Waals surface area contributed by atoms with Crippen molar-refractivity contribution in [2.45, 2.75) is 31.3 Å². The van der Waals surface area contributed by atoms with Crippen LogP contribution >= 0.6 is 11.6 Å². The maximum absolute atomic E-state index is 6.34. The molecule has 23 heavy (non-hydrogen) atoms. The first kappa shape index (κ1) is 14.5. The van der Waals surface area contributed by atoms with Crippen molar-refractivity contribution in [3.8, 4) is 11.3 Å². The monoisotopic (exact) mass is 327 g/mol. The molecule has 0 radical (unpaired) electrons. The van der Waals surface area contributed by atoms with Gasteiger partial charge in [-0.25, -0.2) is 9.97 Å². The summed E-state index contributed by atoms with van der Waals surface area (Å²) in [5.74, 6) is 0.605. The number of H-pyrrole nitrogens is 1. The number of hydrogen-bond acceptors (Lipinski definition) is 4. The van der Waals surface area contributed by atoms with Gasteiger partial charge in [0.25, 0.3) is 0 Å². The quantitative estimate of drug-likeness (QED) is 0.687. The van der Waals surface area contributed by atoms with Crippen LogP contribution in [-0.2, 0) is 0 Å². The SMILES string of the molecule is N[C@H]1CC[C@H](Nc2ncc(Cl)c(-c3c[nH]c4ccccc34)n2)C1. The Morgan fingerprint density at radius 3 is 2.96 bits per heavy atom. The molecule has 5 nitrogen and oxygen atoms in total. The van der Waals surface area contributed by atoms with Crippen molar-refractivity contribution in [3.63, 3.8) is 0 Å². The molecule has 0 saturated heterocycles. The van der Waals surface area contributed by atoms with Gasteiger partial charge in [0.05, 0.1) is 16.9 Å². The fraction of sp³-hybridized carbons (Fsp3) is 0.294. The van der Waals surface area contributed by atoms with Crippen molar-refractivity contribution in [1.82, 2.24) is 15.0 Å². The summed E-state index contributed by atoms with van der Waals surface area (Å²) < 4.78 is 0. The first-order valence-electron chi connectivity index (χ1n) is 7.82. The number of fused-ring (bicyclic) bond motifs is 1. The molecule has 1 fully saturated rings. The van der Waals surface area contributed by atoms with Crippen molar-refractivity contribution < 1.29 is 0 Å². The summed E-state index contributed by atoms with van der Waals surface area (Å²) in [5.41, 5.74) is 8.75. The van der Waals surface area contributed by atoms with Gasteiger partial charge in [-0.1, -0.05) is 29.8 Å². The smallest absolute Gasteiger partial charge is 0.223 e. The highest BCUT2D eigenvalue weighted by molar-refractivity contribution is 6.33. The van der Waals surface area contributed by atoms with Crippen LogP contribution in [0.4, 0.5) is 5.95 Å². The third kappa shape index (κ3) is 2.78. The van der Waals surface area contributed by atoms with E-state index in [0.717, 1.165) is 41.4 Å². The van der Waals surface area contributed by atoms with E-state index in [2.05, 4.69) is 26.3 Å². The number of hydrogen-bond donors (Lipinski definition) is 3. The molecular weight excluding hydrogens is 310 g/mol. The van der Waals surface area contributed by atoms with Gasteiger partial charge in [0.1, 0.15) is 0 Å². The van der Waals surface area contributed by atoms with Gasteiger partial charge in [0.2, 0.25) is 5.95 Å². The van der Waals surface area contributed by atoms with E-state index >= 15 is 0 Å². The number of anilines is 1. The fourth-order valence-electron chi connectivity index (χ4n) is 3.22. The molecule has 0 amide bonds. The van der Waals surface area contributed by atoms with Crippen LogP contribution in [0.25, 0.3) is 22.2 Å². The molecular formula is C17H18ClN5. The zero-order valence-corrected chi connectivity index (χ0v) is 13.3. The van der Waals surface area contributed by atoms with E-state index in [1.807, 2.05) is 24.4 Å². The van der Waals surface area contributed by atoms with Crippen LogP contribution in [0, 0.1) is 0 Å². The molecule has 4 rings (SSSR count). The van der Waals surface area contributed by atoms with Crippen molar-refractivity contribution in [1.29, 1.82) is 0 Å². The van der Waals surface area contributed by atoms with Gasteiger partial charge >= 0.3 is 0 Å². The minimum atomic E-state index is 0.271. The molecule has 0 unspecified atom stereocenters. The van der Waals surface area contributed by atoms with Crippen LogP contribution in [0.15, 0.2) is 36.7 Å². The lowest BCUT2D eigenvalue weighted by Gasteiger charge is -2.13. The predicted octanol–water partition coefficient (Wildman–Crippen LogP) is 3.57.